The van der Waals surface area contributed by atoms with Crippen molar-refractivity contribution in [1.29, 1.82) is 0 Å². The molecule has 70 heavy (non-hydrogen) atoms. The van der Waals surface area contributed by atoms with E-state index in [0.717, 1.165) is 0 Å². The summed E-state index contributed by atoms with van der Waals surface area (Å²) in [4.78, 5) is 0. The molecule has 0 aliphatic heterocycles. The largest absolute Gasteiger partial charge is 0.0622 e. The zero-order chi connectivity index (χ0) is 45.9. The highest BCUT2D eigenvalue weighted by Crippen LogP contribution is 2.61. The van der Waals surface area contributed by atoms with Gasteiger partial charge in [-0.1, -0.05) is 206 Å². The first-order valence-corrected chi connectivity index (χ1v) is 24.7. The van der Waals surface area contributed by atoms with Crippen molar-refractivity contribution >= 4 is 75.4 Å². The summed E-state index contributed by atoms with van der Waals surface area (Å²) in [6, 6.07) is 82.8. The van der Waals surface area contributed by atoms with Crippen LogP contribution in [0.2, 0.25) is 0 Å². The maximum atomic E-state index is 2.54. The smallest absolute Gasteiger partial charge is 0.000730 e. The van der Waals surface area contributed by atoms with E-state index in [0.29, 0.717) is 0 Å². The van der Waals surface area contributed by atoms with Crippen LogP contribution < -0.4 is 0 Å². The highest BCUT2D eigenvalue weighted by molar-refractivity contribution is 6.41. The van der Waals surface area contributed by atoms with Gasteiger partial charge < -0.3 is 0 Å². The molecule has 0 saturated heterocycles. The van der Waals surface area contributed by atoms with Gasteiger partial charge in [0, 0.05) is 0 Å². The van der Waals surface area contributed by atoms with Crippen LogP contribution >= 0.6 is 0 Å². The minimum Gasteiger partial charge on any atom is -0.0622 e. The predicted molar refractivity (Wildman–Crippen MR) is 300 cm³/mol. The van der Waals surface area contributed by atoms with Crippen LogP contribution in [0.25, 0.3) is 164 Å². The van der Waals surface area contributed by atoms with E-state index in [1.165, 1.54) is 176 Å². The van der Waals surface area contributed by atoms with Crippen LogP contribution in [0.1, 0.15) is 11.1 Å². The van der Waals surface area contributed by atoms with Crippen LogP contribution in [0.3, 0.4) is 0 Å². The fraction of sp³-hybridized carbons (Fsp3) is 0.0286. The van der Waals surface area contributed by atoms with Crippen molar-refractivity contribution in [2.75, 3.05) is 0 Å². The summed E-state index contributed by atoms with van der Waals surface area (Å²) in [6.07, 6.45) is 0. The van der Waals surface area contributed by atoms with Gasteiger partial charge in [0.25, 0.3) is 0 Å². The van der Waals surface area contributed by atoms with Crippen LogP contribution in [0, 0.1) is 13.8 Å². The number of fused-ring (bicyclic) bond motifs is 11. The van der Waals surface area contributed by atoms with Gasteiger partial charge in [0.2, 0.25) is 0 Å². The maximum absolute atomic E-state index is 2.54. The number of hydrogen-bond acceptors (Lipinski definition) is 0. The standard InChI is InChI=1S/C70H42/c1-39-17-9-11-23-43(39)63-47-27-15-13-25-45(47)61(41-19-5-3-6-20-41)59-37-57-53-31-29-49-51-33-35-55-68-56(36-34-52(66(51)68)50-30-32-54(67(53)65(49)50)58(57)38-60(59)63)70-64(44-24-12-10-18-40(44)2)48-28-16-14-26-46(48)62(69(55)70)42-21-7-4-8-22-42/h3-38H,1-2H3. The van der Waals surface area contributed by atoms with Crippen LogP contribution in [-0.4, -0.2) is 0 Å². The molecular weight excluding hydrogens is 841 g/mol. The van der Waals surface area contributed by atoms with Gasteiger partial charge in [-0.2, -0.15) is 0 Å². The molecule has 0 saturated carbocycles. The molecule has 322 valence electrons. The van der Waals surface area contributed by atoms with Crippen molar-refractivity contribution in [1.82, 2.24) is 0 Å². The minimum absolute atomic E-state index is 1.24. The summed E-state index contributed by atoms with van der Waals surface area (Å²) in [5.41, 5.74) is 23.5. The van der Waals surface area contributed by atoms with Crippen LogP contribution in [-0.2, 0) is 0 Å². The molecule has 0 unspecified atom stereocenters. The Morgan fingerprint density at radius 3 is 1.06 bits per heavy atom. The molecule has 0 spiro atoms. The van der Waals surface area contributed by atoms with E-state index in [2.05, 4.69) is 232 Å². The Morgan fingerprint density at radius 2 is 0.543 bits per heavy atom. The van der Waals surface area contributed by atoms with Crippen LogP contribution in [0.5, 0.6) is 0 Å². The molecular formula is C70H42. The molecule has 0 atom stereocenters. The number of rotatable bonds is 4. The maximum Gasteiger partial charge on any atom is -0.000730 e. The van der Waals surface area contributed by atoms with Crippen LogP contribution in [0.15, 0.2) is 218 Å². The van der Waals surface area contributed by atoms with Crippen molar-refractivity contribution in [3.63, 3.8) is 0 Å². The lowest BCUT2D eigenvalue weighted by atomic mass is 9.82. The molecule has 0 aromatic heterocycles. The Morgan fingerprint density at radius 1 is 0.186 bits per heavy atom. The molecule has 14 aromatic carbocycles. The van der Waals surface area contributed by atoms with Gasteiger partial charge in [0.1, 0.15) is 0 Å². The topological polar surface area (TPSA) is 0 Å². The van der Waals surface area contributed by atoms with E-state index in [-0.39, 0.29) is 0 Å². The second-order valence-electron chi connectivity index (χ2n) is 19.8. The molecule has 2 aliphatic rings. The Balaban J connectivity index is 1.01. The summed E-state index contributed by atoms with van der Waals surface area (Å²) >= 11 is 0. The van der Waals surface area contributed by atoms with Gasteiger partial charge >= 0.3 is 0 Å². The lowest BCUT2D eigenvalue weighted by molar-refractivity contribution is 1.47. The summed E-state index contributed by atoms with van der Waals surface area (Å²) in [7, 11) is 0. The molecule has 0 bridgehead atoms. The Labute approximate surface area is 405 Å². The van der Waals surface area contributed by atoms with Crippen molar-refractivity contribution in [3.8, 4) is 89.0 Å². The predicted octanol–water partition coefficient (Wildman–Crippen LogP) is 19.8. The van der Waals surface area contributed by atoms with E-state index >= 15 is 0 Å². The summed E-state index contributed by atoms with van der Waals surface area (Å²) in [6.45, 7) is 4.52. The van der Waals surface area contributed by atoms with Gasteiger partial charge in [-0.15, -0.1) is 0 Å². The van der Waals surface area contributed by atoms with Gasteiger partial charge in [-0.25, -0.2) is 0 Å². The molecule has 0 radical (unpaired) electrons. The molecule has 0 fully saturated rings. The van der Waals surface area contributed by atoms with Crippen LogP contribution in [0.4, 0.5) is 0 Å². The van der Waals surface area contributed by atoms with Gasteiger partial charge in [0.15, 0.2) is 0 Å². The highest BCUT2D eigenvalue weighted by atomic mass is 14.4. The van der Waals surface area contributed by atoms with E-state index in [1.54, 1.807) is 0 Å². The number of benzene rings is 14. The number of hydrogen-bond donors (Lipinski definition) is 0. The first kappa shape index (κ1) is 38.2. The molecule has 16 rings (SSSR count). The Bertz CT molecular complexity index is 4610. The minimum atomic E-state index is 1.24. The number of aryl methyl sites for hydroxylation is 2. The monoisotopic (exact) mass is 882 g/mol. The third-order valence-electron chi connectivity index (χ3n) is 16.4. The van der Waals surface area contributed by atoms with Gasteiger partial charge in [-0.05, 0) is 202 Å². The summed E-state index contributed by atoms with van der Waals surface area (Å²) in [5.74, 6) is 0. The molecule has 0 heteroatoms. The molecule has 2 aliphatic carbocycles. The van der Waals surface area contributed by atoms with E-state index in [1.807, 2.05) is 0 Å². The second kappa shape index (κ2) is 13.9. The van der Waals surface area contributed by atoms with Crippen molar-refractivity contribution in [3.05, 3.63) is 230 Å². The Kier molecular flexibility index (Phi) is 7.57. The van der Waals surface area contributed by atoms with Gasteiger partial charge in [0.05, 0.1) is 0 Å². The SMILES string of the molecule is Cc1ccccc1-c1c2c(c(-c3ccccc3)c3ccccc13)-c1ccc3c4ccc5c6c(ccc(c7ccc-2c1c37)c64)-c1cc2c(-c3ccccc3C)c3ccccc3c(-c3ccccc3)c2cc1-5. The van der Waals surface area contributed by atoms with Gasteiger partial charge in [-0.3, -0.25) is 0 Å². The fourth-order valence-electron chi connectivity index (χ4n) is 13.5. The second-order valence-corrected chi connectivity index (χ2v) is 19.8. The lowest BCUT2D eigenvalue weighted by Crippen LogP contribution is -1.94. The lowest BCUT2D eigenvalue weighted by Gasteiger charge is -2.21. The molecule has 14 aromatic rings. The van der Waals surface area contributed by atoms with Crippen molar-refractivity contribution < 1.29 is 0 Å². The molecule has 0 N–H and O–H groups in total. The average molecular weight is 883 g/mol. The Hall–Kier alpha value is -8.84. The molecule has 0 nitrogen and oxygen atoms in total. The zero-order valence-corrected chi connectivity index (χ0v) is 38.8. The first-order valence-electron chi connectivity index (χ1n) is 24.7. The van der Waals surface area contributed by atoms with Crippen molar-refractivity contribution in [2.24, 2.45) is 0 Å². The van der Waals surface area contributed by atoms with E-state index in [9.17, 15) is 0 Å². The van der Waals surface area contributed by atoms with E-state index in [4.69, 9.17) is 0 Å². The molecule has 0 amide bonds. The van der Waals surface area contributed by atoms with Crippen molar-refractivity contribution in [2.45, 2.75) is 13.8 Å². The normalized spacial score (nSPS) is 12.4. The zero-order valence-electron chi connectivity index (χ0n) is 38.8. The summed E-state index contributed by atoms with van der Waals surface area (Å²) in [5, 5.41) is 18.5. The third-order valence-corrected chi connectivity index (χ3v) is 16.4. The third kappa shape index (κ3) is 4.85. The fourth-order valence-corrected chi connectivity index (χ4v) is 13.5. The summed E-state index contributed by atoms with van der Waals surface area (Å²) < 4.78 is 0. The quantitative estimate of drug-likeness (QED) is 0.122. The molecule has 0 heterocycles. The average Bonchev–Trinajstić information content (AvgIpc) is 3.92. The first-order chi connectivity index (χ1) is 34.6. The highest BCUT2D eigenvalue weighted by Gasteiger charge is 2.34. The van der Waals surface area contributed by atoms with E-state index < -0.39 is 0 Å².